The van der Waals surface area contributed by atoms with Crippen molar-refractivity contribution in [3.8, 4) is 0 Å². The van der Waals surface area contributed by atoms with Gasteiger partial charge in [-0.15, -0.1) is 0 Å². The second-order valence-electron chi connectivity index (χ2n) is 17.8. The molecule has 0 unspecified atom stereocenters. The van der Waals surface area contributed by atoms with Gasteiger partial charge in [0.2, 0.25) is 0 Å². The Morgan fingerprint density at radius 2 is 0.967 bits per heavy atom. The number of rotatable bonds is 23. The van der Waals surface area contributed by atoms with Crippen molar-refractivity contribution in [2.45, 2.75) is 122 Å². The van der Waals surface area contributed by atoms with Gasteiger partial charge in [0.25, 0.3) is 16.6 Å². The van der Waals surface area contributed by atoms with Crippen molar-refractivity contribution in [3.63, 3.8) is 0 Å². The minimum atomic E-state index is -2.81. The van der Waals surface area contributed by atoms with Gasteiger partial charge in [-0.25, -0.2) is 0 Å². The monoisotopic (exact) mass is 852 g/mol. The Morgan fingerprint density at radius 1 is 0.541 bits per heavy atom. The zero-order valence-electron chi connectivity index (χ0n) is 38.3. The molecule has 2 atom stereocenters. The molecule has 0 aliphatic carbocycles. The molecule has 0 bridgehead atoms. The maximum atomic E-state index is 11.9. The number of methoxy groups -OCH3 is 1. The van der Waals surface area contributed by atoms with Crippen LogP contribution in [0.5, 0.6) is 0 Å². The molecule has 0 radical (unpaired) electrons. The number of hydrogen-bond acceptors (Lipinski definition) is 4. The summed E-state index contributed by atoms with van der Waals surface area (Å²) >= 11 is 0. The third kappa shape index (κ3) is 14.0. The van der Waals surface area contributed by atoms with Crippen LogP contribution in [0.1, 0.15) is 99.8 Å². The van der Waals surface area contributed by atoms with E-state index in [1.165, 1.54) is 27.9 Å². The third-order valence-electron chi connectivity index (χ3n) is 11.3. The van der Waals surface area contributed by atoms with E-state index < -0.39 is 16.6 Å². The first kappa shape index (κ1) is 49.1. The molecule has 324 valence electrons. The molecule has 0 saturated heterocycles. The van der Waals surface area contributed by atoms with Crippen LogP contribution in [0, 0.1) is 0 Å². The maximum absolute atomic E-state index is 11.9. The number of ether oxygens (including phenoxy) is 1. The van der Waals surface area contributed by atoms with Crippen molar-refractivity contribution in [2.75, 3.05) is 7.11 Å². The molecule has 4 aromatic rings. The Hall–Kier alpha value is -4.60. The van der Waals surface area contributed by atoms with E-state index in [2.05, 4.69) is 231 Å². The summed E-state index contributed by atoms with van der Waals surface area (Å²) in [6, 6.07) is 43.5. The lowest BCUT2D eigenvalue weighted by Gasteiger charge is -2.45. The number of carbonyl (C=O) groups excluding carboxylic acids is 1. The summed E-state index contributed by atoms with van der Waals surface area (Å²) in [5.74, 6) is -0.155. The Morgan fingerprint density at radius 3 is 1.39 bits per heavy atom. The van der Waals surface area contributed by atoms with Crippen LogP contribution in [-0.4, -0.2) is 41.9 Å². The van der Waals surface area contributed by atoms with Crippen molar-refractivity contribution < 1.29 is 18.4 Å². The first-order chi connectivity index (χ1) is 29.4. The highest BCUT2D eigenvalue weighted by molar-refractivity contribution is 7.00. The molecule has 61 heavy (non-hydrogen) atoms. The second-order valence-corrected chi connectivity index (χ2v) is 26.3. The minimum Gasteiger partial charge on any atom is -0.469 e. The van der Waals surface area contributed by atoms with Crippen molar-refractivity contribution in [2.24, 2.45) is 0 Å². The minimum absolute atomic E-state index is 0.134. The molecule has 4 aromatic carbocycles. The summed E-state index contributed by atoms with van der Waals surface area (Å²) in [4.78, 5) is 11.9. The number of esters is 1. The van der Waals surface area contributed by atoms with Crippen molar-refractivity contribution in [3.05, 3.63) is 182 Å². The Kier molecular flexibility index (Phi) is 19.9. The van der Waals surface area contributed by atoms with Crippen LogP contribution in [-0.2, 0) is 18.4 Å². The van der Waals surface area contributed by atoms with Crippen LogP contribution in [0.3, 0.4) is 0 Å². The summed E-state index contributed by atoms with van der Waals surface area (Å²) < 4.78 is 20.2. The van der Waals surface area contributed by atoms with Crippen LogP contribution >= 0.6 is 0 Å². The fourth-order valence-corrected chi connectivity index (χ4v) is 17.6. The molecule has 0 aliphatic heterocycles. The van der Waals surface area contributed by atoms with Gasteiger partial charge in [-0.1, -0.05) is 243 Å². The molecule has 0 N–H and O–H groups in total. The number of hydrogen-bond donors (Lipinski definition) is 0. The number of allylic oxidation sites excluding steroid dienone is 7. The highest BCUT2D eigenvalue weighted by Gasteiger charge is 2.52. The first-order valence-corrected chi connectivity index (χ1v) is 26.2. The topological polar surface area (TPSA) is 44.8 Å². The second kappa shape index (κ2) is 24.7. The standard InChI is InChI=1S/C55H72O4Si2/c1-9-10-11-12-13-14-21-34-47(58-60(54(2,3)4,49-38-25-17-26-39-49)50-40-27-18-28-41-50)35-22-15-23-36-48(37-24-16-33-46-53(56)57-8)59-61(55(5,6)7,51-42-29-19-30-43-51)52-44-31-20-32-45-52/h10-11,13-15,17-23,25-32,34,36,38-45,47-48H,9,12,16,24,33,35,37,46H2,1-8H3/b11-10-,14-13-,22-15-,34-21+,36-23+/t47-,48+/m0/s1. The average Bonchev–Trinajstić information content (AvgIpc) is 3.26. The molecule has 0 spiro atoms. The summed E-state index contributed by atoms with van der Waals surface area (Å²) in [6.07, 6.45) is 28.3. The van der Waals surface area contributed by atoms with Gasteiger partial charge in [-0.05, 0) is 62.9 Å². The molecule has 0 aromatic heterocycles. The van der Waals surface area contributed by atoms with Gasteiger partial charge >= 0.3 is 5.97 Å². The lowest BCUT2D eigenvalue weighted by molar-refractivity contribution is -0.140. The molecule has 0 fully saturated rings. The van der Waals surface area contributed by atoms with Gasteiger partial charge < -0.3 is 13.6 Å². The molecule has 4 rings (SSSR count). The Labute approximate surface area is 371 Å². The molecule has 0 aliphatic rings. The lowest BCUT2D eigenvalue weighted by atomic mass is 10.1. The summed E-state index contributed by atoms with van der Waals surface area (Å²) in [5, 5.41) is 4.77. The van der Waals surface area contributed by atoms with Crippen LogP contribution < -0.4 is 20.7 Å². The molecule has 0 heterocycles. The number of unbranched alkanes of at least 4 members (excludes halogenated alkanes) is 2. The van der Waals surface area contributed by atoms with Gasteiger partial charge in [-0.2, -0.15) is 0 Å². The highest BCUT2D eigenvalue weighted by atomic mass is 28.4. The molecule has 0 amide bonds. The summed E-state index contributed by atoms with van der Waals surface area (Å²) in [6.45, 7) is 16.1. The van der Waals surface area contributed by atoms with Crippen molar-refractivity contribution in [1.29, 1.82) is 0 Å². The van der Waals surface area contributed by atoms with Crippen LogP contribution in [0.2, 0.25) is 10.1 Å². The number of benzene rings is 4. The van der Waals surface area contributed by atoms with Gasteiger partial charge in [0.15, 0.2) is 0 Å². The fourth-order valence-electron chi connectivity index (χ4n) is 8.26. The average molecular weight is 853 g/mol. The van der Waals surface area contributed by atoms with Crippen LogP contribution in [0.4, 0.5) is 0 Å². The largest absolute Gasteiger partial charge is 0.469 e. The lowest BCUT2D eigenvalue weighted by Crippen LogP contribution is -2.67. The van der Waals surface area contributed by atoms with Crippen LogP contribution in [0.15, 0.2) is 182 Å². The predicted octanol–water partition coefficient (Wildman–Crippen LogP) is 12.0. The smallest absolute Gasteiger partial charge is 0.305 e. The molecular weight excluding hydrogens is 781 g/mol. The maximum Gasteiger partial charge on any atom is 0.305 e. The van der Waals surface area contributed by atoms with E-state index in [9.17, 15) is 4.79 Å². The predicted molar refractivity (Wildman–Crippen MR) is 265 cm³/mol. The first-order valence-electron chi connectivity index (χ1n) is 22.3. The highest BCUT2D eigenvalue weighted by Crippen LogP contribution is 2.39. The quantitative estimate of drug-likeness (QED) is 0.0245. The normalized spacial score (nSPS) is 14.2. The molecule has 0 saturated carbocycles. The van der Waals surface area contributed by atoms with E-state index >= 15 is 0 Å². The molecular formula is C55H72O4Si2. The Balaban J connectivity index is 1.70. The summed E-state index contributed by atoms with van der Waals surface area (Å²) in [7, 11) is -4.17. The van der Waals surface area contributed by atoms with E-state index in [0.717, 1.165) is 38.5 Å². The number of carbonyl (C=O) groups is 1. The summed E-state index contributed by atoms with van der Waals surface area (Å²) in [5.41, 5.74) is 0. The van der Waals surface area contributed by atoms with Gasteiger partial charge in [-0.3, -0.25) is 4.79 Å². The zero-order chi connectivity index (χ0) is 44.0. The van der Waals surface area contributed by atoms with Gasteiger partial charge in [0.1, 0.15) is 0 Å². The Bertz CT molecular complexity index is 1910. The van der Waals surface area contributed by atoms with Crippen molar-refractivity contribution >= 4 is 43.4 Å². The van der Waals surface area contributed by atoms with E-state index in [0.29, 0.717) is 12.8 Å². The van der Waals surface area contributed by atoms with E-state index in [4.69, 9.17) is 13.6 Å². The third-order valence-corrected chi connectivity index (χ3v) is 21.4. The zero-order valence-corrected chi connectivity index (χ0v) is 40.3. The van der Waals surface area contributed by atoms with E-state index in [1.54, 1.807) is 0 Å². The van der Waals surface area contributed by atoms with E-state index in [1.807, 2.05) is 0 Å². The van der Waals surface area contributed by atoms with Crippen LogP contribution in [0.25, 0.3) is 0 Å². The fraction of sp³-hybridized carbons (Fsp3) is 0.364. The van der Waals surface area contributed by atoms with Gasteiger partial charge in [0, 0.05) is 6.42 Å². The molecule has 6 heteroatoms. The van der Waals surface area contributed by atoms with Gasteiger partial charge in [0.05, 0.1) is 19.3 Å². The SMILES string of the molecule is CC/C=C\C/C=C\C=C\[C@@H](C/C=C\C=C\[C@H](CCCCCC(=O)OC)O[Si](c1ccccc1)(c1ccccc1)C(C)(C)C)O[Si](c1ccccc1)(c1ccccc1)C(C)(C)C. The molecule has 4 nitrogen and oxygen atoms in total. The van der Waals surface area contributed by atoms with Crippen molar-refractivity contribution in [1.82, 2.24) is 0 Å². The van der Waals surface area contributed by atoms with E-state index in [-0.39, 0.29) is 28.3 Å².